The van der Waals surface area contributed by atoms with E-state index in [1.54, 1.807) is 0 Å². The maximum absolute atomic E-state index is 6.86. The third-order valence-electron chi connectivity index (χ3n) is 6.91. The van der Waals surface area contributed by atoms with Crippen LogP contribution in [0.1, 0.15) is 66.7 Å². The van der Waals surface area contributed by atoms with Gasteiger partial charge < -0.3 is 4.43 Å². The molecule has 0 unspecified atom stereocenters. The Labute approximate surface area is 133 Å². The maximum atomic E-state index is 6.86. The van der Waals surface area contributed by atoms with Crippen molar-refractivity contribution in [1.82, 2.24) is 0 Å². The van der Waals surface area contributed by atoms with Crippen LogP contribution in [0.4, 0.5) is 0 Å². The Morgan fingerprint density at radius 1 is 1.19 bits per heavy atom. The second kappa shape index (κ2) is 5.52. The fourth-order valence-corrected chi connectivity index (χ4v) is 6.02. The lowest BCUT2D eigenvalue weighted by atomic mass is 9.63. The molecule has 0 aromatic carbocycles. The molecule has 0 bridgehead atoms. The van der Waals surface area contributed by atoms with E-state index in [4.69, 9.17) is 4.43 Å². The molecule has 0 aromatic rings. The van der Waals surface area contributed by atoms with Crippen LogP contribution in [-0.4, -0.2) is 14.4 Å². The van der Waals surface area contributed by atoms with Gasteiger partial charge in [-0.2, -0.15) is 0 Å². The second-order valence-corrected chi connectivity index (χ2v) is 14.2. The van der Waals surface area contributed by atoms with Gasteiger partial charge in [-0.3, -0.25) is 0 Å². The van der Waals surface area contributed by atoms with Crippen LogP contribution >= 0.6 is 0 Å². The summed E-state index contributed by atoms with van der Waals surface area (Å²) in [5.74, 6) is 1.47. The number of rotatable bonds is 3. The van der Waals surface area contributed by atoms with Crippen LogP contribution in [0.2, 0.25) is 18.1 Å². The van der Waals surface area contributed by atoms with Crippen molar-refractivity contribution in [3.8, 4) is 0 Å². The number of hydrogen-bond donors (Lipinski definition) is 0. The molecule has 0 saturated heterocycles. The van der Waals surface area contributed by atoms with Gasteiger partial charge in [-0.05, 0) is 68.0 Å². The zero-order valence-electron chi connectivity index (χ0n) is 15.4. The highest BCUT2D eigenvalue weighted by Gasteiger charge is 2.53. The van der Waals surface area contributed by atoms with Gasteiger partial charge in [-0.25, -0.2) is 0 Å². The molecule has 2 saturated carbocycles. The summed E-state index contributed by atoms with van der Waals surface area (Å²) in [6.07, 6.45) is 7.13. The topological polar surface area (TPSA) is 9.23 Å². The summed E-state index contributed by atoms with van der Waals surface area (Å²) in [6.45, 7) is 20.9. The van der Waals surface area contributed by atoms with Crippen LogP contribution < -0.4 is 0 Å². The molecule has 0 spiro atoms. The minimum absolute atomic E-state index is 0.313. The number of hydrogen-bond acceptors (Lipinski definition) is 1. The zero-order valence-corrected chi connectivity index (χ0v) is 16.4. The second-order valence-electron chi connectivity index (χ2n) is 9.40. The molecule has 0 radical (unpaired) electrons. The van der Waals surface area contributed by atoms with Crippen molar-refractivity contribution in [2.24, 2.45) is 17.3 Å². The molecule has 122 valence electrons. The average Bonchev–Trinajstić information content (AvgIpc) is 2.65. The summed E-state index contributed by atoms with van der Waals surface area (Å²) >= 11 is 0. The average molecular weight is 309 g/mol. The quantitative estimate of drug-likeness (QED) is 0.447. The molecule has 0 aromatic heterocycles. The van der Waals surface area contributed by atoms with Crippen molar-refractivity contribution in [2.45, 2.75) is 91.0 Å². The van der Waals surface area contributed by atoms with Crippen LogP contribution in [0.5, 0.6) is 0 Å². The summed E-state index contributed by atoms with van der Waals surface area (Å²) in [5.41, 5.74) is 1.84. The molecule has 0 heterocycles. The largest absolute Gasteiger partial charge is 0.414 e. The van der Waals surface area contributed by atoms with Crippen molar-refractivity contribution in [3.63, 3.8) is 0 Å². The highest BCUT2D eigenvalue weighted by atomic mass is 28.4. The van der Waals surface area contributed by atoms with E-state index in [2.05, 4.69) is 54.3 Å². The molecule has 0 aliphatic heterocycles. The fraction of sp³-hybridized carbons (Fsp3) is 0.895. The van der Waals surface area contributed by atoms with Gasteiger partial charge in [-0.15, -0.1) is 0 Å². The van der Waals surface area contributed by atoms with Gasteiger partial charge in [0.25, 0.3) is 0 Å². The van der Waals surface area contributed by atoms with Crippen molar-refractivity contribution >= 4 is 8.32 Å². The summed E-state index contributed by atoms with van der Waals surface area (Å²) in [5, 5.41) is 0.313. The normalized spacial score (nSPS) is 37.4. The summed E-state index contributed by atoms with van der Waals surface area (Å²) in [6, 6.07) is 0. The molecular formula is C19H36OSi. The van der Waals surface area contributed by atoms with E-state index in [0.717, 1.165) is 5.92 Å². The third-order valence-corrected chi connectivity index (χ3v) is 11.4. The molecule has 2 heteroatoms. The maximum Gasteiger partial charge on any atom is 0.192 e. The first-order valence-corrected chi connectivity index (χ1v) is 11.7. The van der Waals surface area contributed by atoms with Crippen molar-refractivity contribution in [3.05, 3.63) is 12.2 Å². The Balaban J connectivity index is 2.19. The van der Waals surface area contributed by atoms with Gasteiger partial charge in [0.15, 0.2) is 8.32 Å². The predicted molar refractivity (Wildman–Crippen MR) is 95.1 cm³/mol. The lowest BCUT2D eigenvalue weighted by Crippen LogP contribution is -2.49. The summed E-state index contributed by atoms with van der Waals surface area (Å²) in [7, 11) is -1.66. The lowest BCUT2D eigenvalue weighted by molar-refractivity contribution is -0.00333. The van der Waals surface area contributed by atoms with Gasteiger partial charge in [0.1, 0.15) is 0 Å². The molecule has 1 nitrogen and oxygen atoms in total. The minimum Gasteiger partial charge on any atom is -0.414 e. The Morgan fingerprint density at radius 2 is 1.81 bits per heavy atom. The molecule has 2 aliphatic carbocycles. The first kappa shape index (κ1) is 17.3. The van der Waals surface area contributed by atoms with Crippen LogP contribution in [-0.2, 0) is 4.43 Å². The van der Waals surface area contributed by atoms with E-state index in [1.807, 2.05) is 0 Å². The van der Waals surface area contributed by atoms with Gasteiger partial charge in [0, 0.05) is 6.10 Å². The first-order valence-electron chi connectivity index (χ1n) is 8.82. The molecule has 21 heavy (non-hydrogen) atoms. The lowest BCUT2D eigenvalue weighted by Gasteiger charge is -2.49. The Hall–Kier alpha value is -0.0831. The van der Waals surface area contributed by atoms with Crippen LogP contribution in [0.25, 0.3) is 0 Å². The van der Waals surface area contributed by atoms with Crippen molar-refractivity contribution < 1.29 is 4.43 Å². The predicted octanol–water partition coefficient (Wildman–Crippen LogP) is 6.17. The molecule has 0 amide bonds. The van der Waals surface area contributed by atoms with E-state index in [1.165, 1.54) is 37.7 Å². The fourth-order valence-electron chi connectivity index (χ4n) is 4.63. The van der Waals surface area contributed by atoms with E-state index in [-0.39, 0.29) is 0 Å². The molecule has 0 N–H and O–H groups in total. The molecule has 2 fully saturated rings. The summed E-state index contributed by atoms with van der Waals surface area (Å²) in [4.78, 5) is 0. The zero-order chi connectivity index (χ0) is 16.1. The monoisotopic (exact) mass is 308 g/mol. The van der Waals surface area contributed by atoms with Crippen LogP contribution in [0.15, 0.2) is 12.2 Å². The minimum atomic E-state index is -1.66. The molecule has 4 atom stereocenters. The molecular weight excluding hydrogens is 272 g/mol. The smallest absolute Gasteiger partial charge is 0.192 e. The first-order chi connectivity index (χ1) is 9.49. The van der Waals surface area contributed by atoms with Crippen LogP contribution in [0.3, 0.4) is 0 Å². The Kier molecular flexibility index (Phi) is 4.54. The van der Waals surface area contributed by atoms with E-state index in [9.17, 15) is 0 Å². The number of fused-ring (bicyclic) bond motifs is 1. The van der Waals surface area contributed by atoms with Crippen LogP contribution in [0, 0.1) is 17.3 Å². The van der Waals surface area contributed by atoms with Gasteiger partial charge in [0.05, 0.1) is 0 Å². The van der Waals surface area contributed by atoms with Crippen molar-refractivity contribution in [2.75, 3.05) is 0 Å². The SMILES string of the molecule is C=C(C)[C@@H]1CC[C@@H]2[C@H](O[Si](C)(C)C(C)(C)C)CCC[C@]21C. The highest BCUT2D eigenvalue weighted by molar-refractivity contribution is 6.74. The summed E-state index contributed by atoms with van der Waals surface area (Å²) < 4.78 is 6.86. The van der Waals surface area contributed by atoms with Gasteiger partial charge >= 0.3 is 0 Å². The third kappa shape index (κ3) is 3.03. The van der Waals surface area contributed by atoms with E-state index in [0.29, 0.717) is 22.5 Å². The van der Waals surface area contributed by atoms with E-state index >= 15 is 0 Å². The Morgan fingerprint density at radius 3 is 2.33 bits per heavy atom. The van der Waals surface area contributed by atoms with Crippen molar-refractivity contribution in [1.29, 1.82) is 0 Å². The Bertz CT molecular complexity index is 406. The number of allylic oxidation sites excluding steroid dienone is 1. The van der Waals surface area contributed by atoms with Gasteiger partial charge in [-0.1, -0.05) is 46.3 Å². The highest BCUT2D eigenvalue weighted by Crippen LogP contribution is 2.58. The molecule has 2 aliphatic rings. The van der Waals surface area contributed by atoms with Gasteiger partial charge in [0.2, 0.25) is 0 Å². The molecule has 2 rings (SSSR count). The standard InChI is InChI=1S/C19H36OSi/c1-14(2)15-11-12-16-17(10-9-13-19(15,16)6)20-21(7,8)18(3,4)5/h15-17H,1,9-13H2,2-8H3/t15-,16+,17+,19-/m0/s1. The van der Waals surface area contributed by atoms with E-state index < -0.39 is 8.32 Å².